The Kier molecular flexibility index (Phi) is 5.49. The fourth-order valence-electron chi connectivity index (χ4n) is 3.26. The molecular formula is C20H20F3NO2. The first kappa shape index (κ1) is 18.3. The minimum absolute atomic E-state index is 0.0617. The van der Waals surface area contributed by atoms with Crippen LogP contribution in [0.4, 0.5) is 13.2 Å². The maximum atomic E-state index is 12.2. The second-order valence-corrected chi connectivity index (χ2v) is 6.47. The number of carbonyl (C=O) groups excluding carboxylic acids is 1. The number of carbonyl (C=O) groups is 1. The fraction of sp³-hybridized carbons (Fsp3) is 0.350. The van der Waals surface area contributed by atoms with Crippen LogP contribution in [-0.4, -0.2) is 18.7 Å². The second kappa shape index (κ2) is 7.81. The third kappa shape index (κ3) is 5.00. The van der Waals surface area contributed by atoms with Gasteiger partial charge in [-0.3, -0.25) is 4.79 Å². The fourth-order valence-corrected chi connectivity index (χ4v) is 3.26. The highest BCUT2D eigenvalue weighted by Crippen LogP contribution is 2.35. The summed E-state index contributed by atoms with van der Waals surface area (Å²) in [6.45, 7) is -1.07. The zero-order chi connectivity index (χ0) is 18.6. The molecule has 3 nitrogen and oxygen atoms in total. The van der Waals surface area contributed by atoms with Gasteiger partial charge in [0.25, 0.3) is 0 Å². The highest BCUT2D eigenvalue weighted by atomic mass is 19.4. The van der Waals surface area contributed by atoms with Gasteiger partial charge in [0.2, 0.25) is 5.91 Å². The first-order valence-corrected chi connectivity index (χ1v) is 8.54. The van der Waals surface area contributed by atoms with Crippen molar-refractivity contribution in [2.75, 3.05) is 6.61 Å². The van der Waals surface area contributed by atoms with E-state index in [1.807, 2.05) is 12.1 Å². The smallest absolute Gasteiger partial charge is 0.422 e. The van der Waals surface area contributed by atoms with Crippen molar-refractivity contribution in [2.24, 2.45) is 0 Å². The molecule has 1 atom stereocenters. The summed E-state index contributed by atoms with van der Waals surface area (Å²) in [6.07, 6.45) is -2.00. The van der Waals surface area contributed by atoms with Crippen molar-refractivity contribution in [3.05, 3.63) is 65.2 Å². The number of amides is 1. The summed E-state index contributed by atoms with van der Waals surface area (Å²) in [5.74, 6) is 0.305. The van der Waals surface area contributed by atoms with Crippen LogP contribution in [0.25, 0.3) is 0 Å². The van der Waals surface area contributed by atoms with E-state index in [4.69, 9.17) is 4.74 Å². The van der Waals surface area contributed by atoms with Gasteiger partial charge in [0.05, 0.1) is 0 Å². The monoisotopic (exact) mass is 363 g/mol. The number of ether oxygens (including phenoxy) is 1. The predicted molar refractivity (Wildman–Crippen MR) is 92.0 cm³/mol. The molecule has 0 saturated carbocycles. The van der Waals surface area contributed by atoms with E-state index in [0.29, 0.717) is 12.0 Å². The van der Waals surface area contributed by atoms with Gasteiger partial charge < -0.3 is 10.1 Å². The molecule has 3 rings (SSSR count). The summed E-state index contributed by atoms with van der Waals surface area (Å²) >= 11 is 0. The average molecular weight is 363 g/mol. The molecule has 0 saturated heterocycles. The summed E-state index contributed by atoms with van der Waals surface area (Å²) in [5.41, 5.74) is 3.25. The minimum atomic E-state index is -4.37. The van der Waals surface area contributed by atoms with Gasteiger partial charge in [-0.2, -0.15) is 13.2 Å². The molecule has 0 heterocycles. The van der Waals surface area contributed by atoms with Crippen LogP contribution < -0.4 is 10.1 Å². The van der Waals surface area contributed by atoms with Gasteiger partial charge in [-0.05, 0) is 47.6 Å². The van der Waals surface area contributed by atoms with Crippen LogP contribution in [0.3, 0.4) is 0 Å². The molecular weight excluding hydrogens is 343 g/mol. The van der Waals surface area contributed by atoms with Crippen molar-refractivity contribution in [1.82, 2.24) is 5.32 Å². The van der Waals surface area contributed by atoms with E-state index in [-0.39, 0.29) is 24.1 Å². The number of hydrogen-bond acceptors (Lipinski definition) is 2. The molecule has 2 aromatic carbocycles. The van der Waals surface area contributed by atoms with Crippen LogP contribution in [0.1, 0.15) is 35.4 Å². The molecule has 1 amide bonds. The quantitative estimate of drug-likeness (QED) is 0.828. The van der Waals surface area contributed by atoms with E-state index >= 15 is 0 Å². The zero-order valence-corrected chi connectivity index (χ0v) is 14.2. The molecule has 138 valence electrons. The predicted octanol–water partition coefficient (Wildman–Crippen LogP) is 4.36. The van der Waals surface area contributed by atoms with Crippen LogP contribution >= 0.6 is 0 Å². The third-order valence-corrected chi connectivity index (χ3v) is 4.48. The highest BCUT2D eigenvalue weighted by Gasteiger charge is 2.28. The van der Waals surface area contributed by atoms with E-state index in [9.17, 15) is 18.0 Å². The van der Waals surface area contributed by atoms with Crippen molar-refractivity contribution in [2.45, 2.75) is 37.9 Å². The van der Waals surface area contributed by atoms with Crippen LogP contribution in [-0.2, 0) is 17.8 Å². The normalized spacial score (nSPS) is 16.2. The number of hydrogen-bond donors (Lipinski definition) is 1. The van der Waals surface area contributed by atoms with Crippen molar-refractivity contribution in [3.63, 3.8) is 0 Å². The Labute approximate surface area is 150 Å². The first-order valence-electron chi connectivity index (χ1n) is 8.54. The maximum absolute atomic E-state index is 12.2. The van der Waals surface area contributed by atoms with Crippen LogP contribution in [0.5, 0.6) is 5.75 Å². The molecule has 2 aromatic rings. The molecule has 0 fully saturated rings. The van der Waals surface area contributed by atoms with Gasteiger partial charge in [0.1, 0.15) is 5.75 Å². The molecule has 6 heteroatoms. The van der Waals surface area contributed by atoms with Gasteiger partial charge in [-0.25, -0.2) is 0 Å². The molecule has 1 aliphatic rings. The van der Waals surface area contributed by atoms with Crippen molar-refractivity contribution in [3.8, 4) is 5.75 Å². The lowest BCUT2D eigenvalue weighted by molar-refractivity contribution is -0.153. The van der Waals surface area contributed by atoms with E-state index in [2.05, 4.69) is 17.4 Å². The first-order chi connectivity index (χ1) is 12.4. The Morgan fingerprint density at radius 2 is 1.96 bits per heavy atom. The summed E-state index contributed by atoms with van der Waals surface area (Å²) in [7, 11) is 0. The number of rotatable bonds is 6. The highest BCUT2D eigenvalue weighted by molar-refractivity contribution is 5.77. The average Bonchev–Trinajstić information content (AvgIpc) is 3.01. The summed E-state index contributed by atoms with van der Waals surface area (Å²) in [6, 6.07) is 14.5. The summed E-state index contributed by atoms with van der Waals surface area (Å²) in [5, 5.41) is 2.84. The Balaban J connectivity index is 1.51. The standard InChI is InChI=1S/C20H20F3NO2/c21-20(22,23)13-26-17-6-3-4-14(10-17)12-24-19(25)11-16-9-8-15-5-1-2-7-18(15)16/h1-7,10,16H,8-9,11-13H2,(H,24,25). The molecule has 0 aliphatic heterocycles. The lowest BCUT2D eigenvalue weighted by atomic mass is 9.97. The molecule has 0 aromatic heterocycles. The summed E-state index contributed by atoms with van der Waals surface area (Å²) in [4.78, 5) is 12.2. The number of halogens is 3. The van der Waals surface area contributed by atoms with Gasteiger partial charge in [0, 0.05) is 13.0 Å². The molecule has 1 unspecified atom stereocenters. The van der Waals surface area contributed by atoms with Crippen LogP contribution in [0.15, 0.2) is 48.5 Å². The third-order valence-electron chi connectivity index (χ3n) is 4.48. The maximum Gasteiger partial charge on any atom is 0.422 e. The van der Waals surface area contributed by atoms with E-state index in [0.717, 1.165) is 12.8 Å². The van der Waals surface area contributed by atoms with E-state index in [1.54, 1.807) is 12.1 Å². The van der Waals surface area contributed by atoms with Crippen molar-refractivity contribution in [1.29, 1.82) is 0 Å². The number of nitrogens with one attached hydrogen (secondary N) is 1. The minimum Gasteiger partial charge on any atom is -0.484 e. The van der Waals surface area contributed by atoms with Gasteiger partial charge >= 0.3 is 6.18 Å². The van der Waals surface area contributed by atoms with Gasteiger partial charge in [-0.15, -0.1) is 0 Å². The summed E-state index contributed by atoms with van der Waals surface area (Å²) < 4.78 is 41.4. The SMILES string of the molecule is O=C(CC1CCc2ccccc21)NCc1cccc(OCC(F)(F)F)c1. The van der Waals surface area contributed by atoms with Crippen molar-refractivity contribution < 1.29 is 22.7 Å². The molecule has 26 heavy (non-hydrogen) atoms. The molecule has 0 spiro atoms. The molecule has 0 bridgehead atoms. The lowest BCUT2D eigenvalue weighted by Gasteiger charge is -2.13. The van der Waals surface area contributed by atoms with Crippen LogP contribution in [0.2, 0.25) is 0 Å². The number of aryl methyl sites for hydroxylation is 1. The Bertz CT molecular complexity index is 774. The Morgan fingerprint density at radius 3 is 2.77 bits per heavy atom. The largest absolute Gasteiger partial charge is 0.484 e. The van der Waals surface area contributed by atoms with E-state index < -0.39 is 12.8 Å². The Morgan fingerprint density at radius 1 is 1.15 bits per heavy atom. The zero-order valence-electron chi connectivity index (χ0n) is 14.2. The van der Waals surface area contributed by atoms with Gasteiger partial charge in [0.15, 0.2) is 6.61 Å². The van der Waals surface area contributed by atoms with Crippen molar-refractivity contribution >= 4 is 5.91 Å². The molecule has 1 N–H and O–H groups in total. The van der Waals surface area contributed by atoms with Gasteiger partial charge in [-0.1, -0.05) is 36.4 Å². The van der Waals surface area contributed by atoms with E-state index in [1.165, 1.54) is 23.3 Å². The number of fused-ring (bicyclic) bond motifs is 1. The number of benzene rings is 2. The topological polar surface area (TPSA) is 38.3 Å². The second-order valence-electron chi connectivity index (χ2n) is 6.47. The molecule has 1 aliphatic carbocycles. The lowest BCUT2D eigenvalue weighted by Crippen LogP contribution is -2.24. The number of alkyl halides is 3. The van der Waals surface area contributed by atoms with Crippen LogP contribution in [0, 0.1) is 0 Å². The molecule has 0 radical (unpaired) electrons. The Hall–Kier alpha value is -2.50.